The van der Waals surface area contributed by atoms with Crippen LogP contribution in [0.25, 0.3) is 0 Å². The van der Waals surface area contributed by atoms with E-state index in [9.17, 15) is 0 Å². The molecular weight excluding hydrogens is 320 g/mol. The largest absolute Gasteiger partial charge is 0.402 e. The first-order valence-corrected chi connectivity index (χ1v) is 9.60. The fourth-order valence-electron chi connectivity index (χ4n) is 4.40. The minimum atomic E-state index is 0.0833. The Labute approximate surface area is 156 Å². The number of nitrogens with zero attached hydrogens (tertiary/aromatic N) is 1. The van der Waals surface area contributed by atoms with E-state index in [1.54, 1.807) is 0 Å². The second-order valence-corrected chi connectivity index (χ2v) is 8.41. The second kappa shape index (κ2) is 6.24. The Bertz CT molecular complexity index is 857. The predicted molar refractivity (Wildman–Crippen MR) is 107 cm³/mol. The quantitative estimate of drug-likeness (QED) is 0.830. The van der Waals surface area contributed by atoms with Gasteiger partial charge in [0.05, 0.1) is 17.6 Å². The number of para-hydroxylation sites is 1. The lowest BCUT2D eigenvalue weighted by atomic mass is 9.85. The molecule has 2 heterocycles. The molecule has 3 atom stereocenters. The average Bonchev–Trinajstić information content (AvgIpc) is 2.88. The fraction of sp³-hybridized carbons (Fsp3) is 0.435. The van der Waals surface area contributed by atoms with Crippen LogP contribution in [0.4, 0.5) is 5.69 Å². The van der Waals surface area contributed by atoms with Crippen molar-refractivity contribution in [2.75, 3.05) is 6.54 Å². The number of hydrogen-bond acceptors (Lipinski definition) is 2. The average molecular weight is 349 g/mol. The maximum Gasteiger partial charge on any atom is 0.209 e. The van der Waals surface area contributed by atoms with E-state index >= 15 is 0 Å². The molecule has 136 valence electrons. The van der Waals surface area contributed by atoms with Crippen LogP contribution in [0.15, 0.2) is 59.3 Å². The Morgan fingerprint density at radius 2 is 1.96 bits per heavy atom. The van der Waals surface area contributed by atoms with Crippen LogP contribution in [-0.4, -0.2) is 29.5 Å². The molecular formula is C23H29N2O+. The van der Waals surface area contributed by atoms with Crippen molar-refractivity contribution in [2.24, 2.45) is 11.7 Å². The lowest BCUT2D eigenvalue weighted by molar-refractivity contribution is -0.436. The minimum Gasteiger partial charge on any atom is -0.402 e. The molecule has 26 heavy (non-hydrogen) atoms. The lowest BCUT2D eigenvalue weighted by Crippen LogP contribution is -2.38. The molecule has 3 aliphatic rings. The highest BCUT2D eigenvalue weighted by Crippen LogP contribution is 2.37. The third kappa shape index (κ3) is 2.84. The van der Waals surface area contributed by atoms with Gasteiger partial charge in [-0.1, -0.05) is 37.3 Å². The van der Waals surface area contributed by atoms with E-state index in [2.05, 4.69) is 74.9 Å². The van der Waals surface area contributed by atoms with Gasteiger partial charge in [0.15, 0.2) is 12.8 Å². The molecule has 1 aromatic rings. The Balaban J connectivity index is 1.52. The first-order chi connectivity index (χ1) is 12.4. The summed E-state index contributed by atoms with van der Waals surface area (Å²) in [4.78, 5) is 0. The highest BCUT2D eigenvalue weighted by Gasteiger charge is 2.38. The molecule has 1 aliphatic carbocycles. The van der Waals surface area contributed by atoms with E-state index in [1.807, 2.05) is 6.08 Å². The number of fused-ring (bicyclic) bond motifs is 2. The van der Waals surface area contributed by atoms with Crippen LogP contribution in [0.3, 0.4) is 0 Å². The van der Waals surface area contributed by atoms with Gasteiger partial charge >= 0.3 is 0 Å². The van der Waals surface area contributed by atoms with Gasteiger partial charge in [-0.05, 0) is 38.0 Å². The van der Waals surface area contributed by atoms with Crippen molar-refractivity contribution < 1.29 is 9.31 Å². The summed E-state index contributed by atoms with van der Waals surface area (Å²) in [5, 5.41) is 0. The normalized spacial score (nSPS) is 29.2. The van der Waals surface area contributed by atoms with Crippen LogP contribution < -0.4 is 5.73 Å². The number of ether oxygens (including phenoxy) is 1. The van der Waals surface area contributed by atoms with Crippen molar-refractivity contribution in [3.05, 3.63) is 64.9 Å². The minimum absolute atomic E-state index is 0.0833. The monoisotopic (exact) mass is 349 g/mol. The molecule has 0 amide bonds. The molecule has 3 unspecified atom stereocenters. The van der Waals surface area contributed by atoms with Crippen LogP contribution in [0.1, 0.15) is 39.7 Å². The zero-order chi connectivity index (χ0) is 18.5. The molecule has 0 radical (unpaired) electrons. The van der Waals surface area contributed by atoms with Gasteiger partial charge in [-0.3, -0.25) is 0 Å². The Morgan fingerprint density at radius 3 is 2.77 bits per heavy atom. The summed E-state index contributed by atoms with van der Waals surface area (Å²) in [5.41, 5.74) is 12.4. The number of benzene rings is 1. The standard InChI is InChI=1S/C23H29N2O/c1-15-13-17-9-10-19(24)16(2)22(17)26-21(15)11-12-25-14-23(3,4)18-7-5-6-8-20(18)25/h5-10,13-14,16,21-22H,11-12,24H2,1-4H3/q+1. The summed E-state index contributed by atoms with van der Waals surface area (Å²) in [5.74, 6) is 0.236. The molecule has 0 saturated heterocycles. The van der Waals surface area contributed by atoms with Crippen molar-refractivity contribution in [3.8, 4) is 0 Å². The van der Waals surface area contributed by atoms with E-state index in [1.165, 1.54) is 22.4 Å². The summed E-state index contributed by atoms with van der Waals surface area (Å²) >= 11 is 0. The van der Waals surface area contributed by atoms with E-state index in [0.29, 0.717) is 0 Å². The molecule has 1 aromatic carbocycles. The molecule has 0 fully saturated rings. The van der Waals surface area contributed by atoms with Crippen molar-refractivity contribution in [3.63, 3.8) is 0 Å². The zero-order valence-corrected chi connectivity index (χ0v) is 16.2. The second-order valence-electron chi connectivity index (χ2n) is 8.41. The smallest absolute Gasteiger partial charge is 0.209 e. The van der Waals surface area contributed by atoms with Crippen LogP contribution in [-0.2, 0) is 10.2 Å². The molecule has 3 heteroatoms. The van der Waals surface area contributed by atoms with E-state index in [4.69, 9.17) is 10.5 Å². The van der Waals surface area contributed by atoms with E-state index in [0.717, 1.165) is 18.7 Å². The maximum absolute atomic E-state index is 6.49. The van der Waals surface area contributed by atoms with Gasteiger partial charge in [-0.25, -0.2) is 4.58 Å². The maximum atomic E-state index is 6.49. The molecule has 0 bridgehead atoms. The summed E-state index contributed by atoms with van der Waals surface area (Å²) in [6.07, 6.45) is 9.98. The molecule has 0 saturated carbocycles. The number of rotatable bonds is 3. The summed E-state index contributed by atoms with van der Waals surface area (Å²) < 4.78 is 8.89. The topological polar surface area (TPSA) is 38.3 Å². The van der Waals surface area contributed by atoms with Gasteiger partial charge < -0.3 is 10.5 Å². The van der Waals surface area contributed by atoms with E-state index < -0.39 is 0 Å². The SMILES string of the molecule is CC1=CC2=CC=C(N)C(C)C2OC1CC[N+]1=CC(C)(C)c2ccccc21. The lowest BCUT2D eigenvalue weighted by Gasteiger charge is -2.36. The van der Waals surface area contributed by atoms with Crippen LogP contribution in [0.5, 0.6) is 0 Å². The number of allylic oxidation sites excluding steroid dienone is 2. The summed E-state index contributed by atoms with van der Waals surface area (Å²) in [7, 11) is 0. The fourth-order valence-corrected chi connectivity index (χ4v) is 4.40. The van der Waals surface area contributed by atoms with Crippen molar-refractivity contribution >= 4 is 11.9 Å². The summed E-state index contributed by atoms with van der Waals surface area (Å²) in [6, 6.07) is 8.72. The van der Waals surface area contributed by atoms with Gasteiger partial charge in [-0.15, -0.1) is 0 Å². The van der Waals surface area contributed by atoms with Gasteiger partial charge in [-0.2, -0.15) is 0 Å². The van der Waals surface area contributed by atoms with Crippen LogP contribution in [0, 0.1) is 5.92 Å². The zero-order valence-electron chi connectivity index (χ0n) is 16.2. The molecule has 0 aromatic heterocycles. The van der Waals surface area contributed by atoms with E-state index in [-0.39, 0.29) is 23.5 Å². The highest BCUT2D eigenvalue weighted by atomic mass is 16.5. The molecule has 0 spiro atoms. The molecule has 3 nitrogen and oxygen atoms in total. The first kappa shape index (κ1) is 17.3. The van der Waals surface area contributed by atoms with Crippen molar-refractivity contribution in [2.45, 2.75) is 51.7 Å². The van der Waals surface area contributed by atoms with Crippen LogP contribution >= 0.6 is 0 Å². The van der Waals surface area contributed by atoms with Crippen molar-refractivity contribution in [1.82, 2.24) is 0 Å². The Morgan fingerprint density at radius 1 is 1.19 bits per heavy atom. The number of hydrogen-bond donors (Lipinski definition) is 1. The Kier molecular flexibility index (Phi) is 4.15. The first-order valence-electron chi connectivity index (χ1n) is 9.60. The predicted octanol–water partition coefficient (Wildman–Crippen LogP) is 4.22. The molecule has 2 aliphatic heterocycles. The molecule has 4 rings (SSSR count). The van der Waals surface area contributed by atoms with Gasteiger partial charge in [0.1, 0.15) is 0 Å². The van der Waals surface area contributed by atoms with Crippen LogP contribution in [0.2, 0.25) is 0 Å². The Hall–Kier alpha value is -2.13. The molecule has 2 N–H and O–H groups in total. The number of nitrogens with two attached hydrogens (primary N) is 1. The third-order valence-electron chi connectivity index (χ3n) is 6.01. The van der Waals surface area contributed by atoms with Gasteiger partial charge in [0.2, 0.25) is 5.69 Å². The highest BCUT2D eigenvalue weighted by molar-refractivity contribution is 5.76. The summed E-state index contributed by atoms with van der Waals surface area (Å²) in [6.45, 7) is 9.86. The third-order valence-corrected chi connectivity index (χ3v) is 6.01. The van der Waals surface area contributed by atoms with Gasteiger partial charge in [0, 0.05) is 29.7 Å². The van der Waals surface area contributed by atoms with Gasteiger partial charge in [0.25, 0.3) is 0 Å². The van der Waals surface area contributed by atoms with Crippen molar-refractivity contribution in [1.29, 1.82) is 0 Å².